The number of imide groups is 1. The van der Waals surface area contributed by atoms with E-state index in [2.05, 4.69) is 10.4 Å². The summed E-state index contributed by atoms with van der Waals surface area (Å²) in [5.74, 6) is 0.285. The van der Waals surface area contributed by atoms with Gasteiger partial charge in [-0.2, -0.15) is 5.10 Å². The van der Waals surface area contributed by atoms with Crippen LogP contribution in [0.4, 0.5) is 10.6 Å². The fourth-order valence-electron chi connectivity index (χ4n) is 2.22. The van der Waals surface area contributed by atoms with Gasteiger partial charge in [-0.25, -0.2) is 4.79 Å². The first kappa shape index (κ1) is 15.1. The number of anilines is 1. The van der Waals surface area contributed by atoms with E-state index in [-0.39, 0.29) is 12.3 Å². The van der Waals surface area contributed by atoms with Crippen LogP contribution in [0.1, 0.15) is 20.3 Å². The molecule has 7 heteroatoms. The molecule has 1 aliphatic heterocycles. The van der Waals surface area contributed by atoms with Gasteiger partial charge in [-0.1, -0.05) is 25.4 Å². The van der Waals surface area contributed by atoms with E-state index >= 15 is 0 Å². The van der Waals surface area contributed by atoms with E-state index in [9.17, 15) is 9.59 Å². The maximum Gasteiger partial charge on any atom is 0.329 e. The summed E-state index contributed by atoms with van der Waals surface area (Å²) in [5, 5.41) is 7.47. The highest BCUT2D eigenvalue weighted by Crippen LogP contribution is 2.25. The lowest BCUT2D eigenvalue weighted by Crippen LogP contribution is -2.49. The van der Waals surface area contributed by atoms with Crippen molar-refractivity contribution in [3.05, 3.63) is 18.2 Å². The lowest BCUT2D eigenvalue weighted by Gasteiger charge is -2.24. The summed E-state index contributed by atoms with van der Waals surface area (Å²) in [6, 6.07) is 4.96. The molecule has 3 rings (SSSR count). The van der Waals surface area contributed by atoms with E-state index in [1.807, 2.05) is 19.9 Å². The molecule has 108 valence electrons. The molecule has 1 aromatic carbocycles. The van der Waals surface area contributed by atoms with Gasteiger partial charge in [0, 0.05) is 25.4 Å². The SMILES string of the molecule is CC.[B]c1ccc2c(N3CCC(=O)NC3=O)nn(C)c2c1. The van der Waals surface area contributed by atoms with Crippen molar-refractivity contribution in [3.63, 3.8) is 0 Å². The van der Waals surface area contributed by atoms with E-state index in [0.717, 1.165) is 10.9 Å². The average molecular weight is 284 g/mol. The van der Waals surface area contributed by atoms with Crippen molar-refractivity contribution in [1.29, 1.82) is 0 Å². The summed E-state index contributed by atoms with van der Waals surface area (Å²) in [6.07, 6.45) is 0.277. The molecule has 1 aromatic heterocycles. The first-order valence-corrected chi connectivity index (χ1v) is 6.90. The van der Waals surface area contributed by atoms with Crippen LogP contribution in [-0.2, 0) is 11.8 Å². The number of urea groups is 1. The summed E-state index contributed by atoms with van der Waals surface area (Å²) < 4.78 is 1.67. The lowest BCUT2D eigenvalue weighted by molar-refractivity contribution is -0.120. The number of carbonyl (C=O) groups is 2. The third-order valence-corrected chi connectivity index (χ3v) is 3.17. The molecule has 2 aromatic rings. The van der Waals surface area contributed by atoms with Gasteiger partial charge in [0.25, 0.3) is 0 Å². The van der Waals surface area contributed by atoms with Gasteiger partial charge in [-0.3, -0.25) is 19.7 Å². The Kier molecular flexibility index (Phi) is 4.30. The van der Waals surface area contributed by atoms with Gasteiger partial charge >= 0.3 is 6.03 Å². The number of hydrogen-bond acceptors (Lipinski definition) is 3. The first-order valence-electron chi connectivity index (χ1n) is 6.90. The molecule has 21 heavy (non-hydrogen) atoms. The van der Waals surface area contributed by atoms with Crippen LogP contribution in [0, 0.1) is 0 Å². The zero-order chi connectivity index (χ0) is 15.6. The standard InChI is InChI=1S/C12H11BN4O2.C2H6/c1-16-9-6-7(13)2-3-8(9)11(15-16)17-5-4-10(18)14-12(17)19;1-2/h2-3,6H,4-5H2,1H3,(H,14,18,19);1-2H3. The van der Waals surface area contributed by atoms with E-state index in [4.69, 9.17) is 7.85 Å². The summed E-state index contributed by atoms with van der Waals surface area (Å²) in [4.78, 5) is 24.5. The Morgan fingerprint density at radius 3 is 2.67 bits per heavy atom. The van der Waals surface area contributed by atoms with Gasteiger partial charge in [-0.05, 0) is 12.1 Å². The van der Waals surface area contributed by atoms with Crippen molar-refractivity contribution >= 4 is 42.0 Å². The Morgan fingerprint density at radius 1 is 1.29 bits per heavy atom. The van der Waals surface area contributed by atoms with Gasteiger partial charge < -0.3 is 0 Å². The zero-order valence-electron chi connectivity index (χ0n) is 12.4. The molecular formula is C14H17BN4O2. The second-order valence-electron chi connectivity index (χ2n) is 4.48. The van der Waals surface area contributed by atoms with Crippen LogP contribution < -0.4 is 15.7 Å². The van der Waals surface area contributed by atoms with Crippen molar-refractivity contribution in [1.82, 2.24) is 15.1 Å². The van der Waals surface area contributed by atoms with Crippen molar-refractivity contribution in [2.45, 2.75) is 20.3 Å². The zero-order valence-corrected chi connectivity index (χ0v) is 12.4. The minimum atomic E-state index is -0.437. The molecule has 0 aliphatic carbocycles. The van der Waals surface area contributed by atoms with Gasteiger partial charge in [-0.15, -0.1) is 0 Å². The number of fused-ring (bicyclic) bond motifs is 1. The summed E-state index contributed by atoms with van der Waals surface area (Å²) in [6.45, 7) is 4.33. The van der Waals surface area contributed by atoms with Crippen LogP contribution in [0.3, 0.4) is 0 Å². The number of benzene rings is 1. The molecular weight excluding hydrogens is 267 g/mol. The maximum atomic E-state index is 11.8. The molecule has 1 N–H and O–H groups in total. The molecule has 0 saturated carbocycles. The van der Waals surface area contributed by atoms with Gasteiger partial charge in [0.2, 0.25) is 5.91 Å². The topological polar surface area (TPSA) is 67.2 Å². The maximum absolute atomic E-state index is 11.8. The highest BCUT2D eigenvalue weighted by Gasteiger charge is 2.27. The van der Waals surface area contributed by atoms with Crippen molar-refractivity contribution in [2.75, 3.05) is 11.4 Å². The molecule has 2 heterocycles. The Labute approximate surface area is 124 Å². The average Bonchev–Trinajstić information content (AvgIpc) is 2.78. The summed E-state index contributed by atoms with van der Waals surface area (Å²) >= 11 is 0. The summed E-state index contributed by atoms with van der Waals surface area (Å²) in [7, 11) is 7.54. The minimum Gasteiger partial charge on any atom is -0.278 e. The Bertz CT molecular complexity index is 696. The van der Waals surface area contributed by atoms with Crippen molar-refractivity contribution in [3.8, 4) is 0 Å². The van der Waals surface area contributed by atoms with Gasteiger partial charge in [0.05, 0.1) is 5.52 Å². The second-order valence-corrected chi connectivity index (χ2v) is 4.48. The number of amides is 3. The number of carbonyl (C=O) groups excluding carboxylic acids is 2. The third-order valence-electron chi connectivity index (χ3n) is 3.17. The lowest BCUT2D eigenvalue weighted by atomic mass is 9.95. The molecule has 1 fully saturated rings. The van der Waals surface area contributed by atoms with E-state index < -0.39 is 6.03 Å². The molecule has 0 bridgehead atoms. The molecule has 0 atom stereocenters. The first-order chi connectivity index (χ1) is 10.1. The number of rotatable bonds is 1. The molecule has 0 spiro atoms. The van der Waals surface area contributed by atoms with Gasteiger partial charge in [0.1, 0.15) is 7.85 Å². The Hall–Kier alpha value is -2.31. The van der Waals surface area contributed by atoms with E-state index in [1.54, 1.807) is 23.9 Å². The minimum absolute atomic E-state index is 0.259. The predicted octanol–water partition coefficient (Wildman–Crippen LogP) is 0.840. The van der Waals surface area contributed by atoms with Crippen LogP contribution in [-0.4, -0.2) is 36.1 Å². The highest BCUT2D eigenvalue weighted by atomic mass is 16.2. The van der Waals surface area contributed by atoms with Crippen LogP contribution in [0.25, 0.3) is 10.9 Å². The number of aromatic nitrogens is 2. The monoisotopic (exact) mass is 284 g/mol. The number of nitrogens with one attached hydrogen (secondary N) is 1. The van der Waals surface area contributed by atoms with Crippen LogP contribution >= 0.6 is 0 Å². The molecule has 6 nitrogen and oxygen atoms in total. The van der Waals surface area contributed by atoms with Crippen molar-refractivity contribution in [2.24, 2.45) is 7.05 Å². The highest BCUT2D eigenvalue weighted by molar-refractivity contribution is 6.33. The smallest absolute Gasteiger partial charge is 0.278 e. The normalized spacial score (nSPS) is 14.7. The Balaban J connectivity index is 0.000000774. The predicted molar refractivity (Wildman–Crippen MR) is 83.0 cm³/mol. The fourth-order valence-corrected chi connectivity index (χ4v) is 2.22. The number of aryl methyl sites for hydroxylation is 1. The molecule has 3 amide bonds. The number of hydrogen-bond donors (Lipinski definition) is 1. The van der Waals surface area contributed by atoms with E-state index in [1.165, 1.54) is 4.90 Å². The van der Waals surface area contributed by atoms with Crippen LogP contribution in [0.15, 0.2) is 18.2 Å². The van der Waals surface area contributed by atoms with E-state index in [0.29, 0.717) is 17.8 Å². The second kappa shape index (κ2) is 5.99. The number of nitrogens with zero attached hydrogens (tertiary/aromatic N) is 3. The largest absolute Gasteiger partial charge is 0.329 e. The third kappa shape index (κ3) is 2.77. The van der Waals surface area contributed by atoms with Crippen LogP contribution in [0.2, 0.25) is 0 Å². The molecule has 1 aliphatic rings. The van der Waals surface area contributed by atoms with Gasteiger partial charge in [0.15, 0.2) is 5.82 Å². The molecule has 2 radical (unpaired) electrons. The quantitative estimate of drug-likeness (QED) is 0.789. The van der Waals surface area contributed by atoms with Crippen LogP contribution in [0.5, 0.6) is 0 Å². The molecule has 0 unspecified atom stereocenters. The van der Waals surface area contributed by atoms with Crippen molar-refractivity contribution < 1.29 is 9.59 Å². The summed E-state index contributed by atoms with van der Waals surface area (Å²) in [5.41, 5.74) is 1.49. The molecule has 1 saturated heterocycles. The Morgan fingerprint density at radius 2 is 2.00 bits per heavy atom. The fraction of sp³-hybridized carbons (Fsp3) is 0.357.